The van der Waals surface area contributed by atoms with Crippen molar-refractivity contribution >= 4 is 27.7 Å². The minimum absolute atomic E-state index is 0.0981. The second-order valence-corrected chi connectivity index (χ2v) is 7.53. The molecule has 0 radical (unpaired) electrons. The highest BCUT2D eigenvalue weighted by atomic mass is 79.9. The Morgan fingerprint density at radius 1 is 1.15 bits per heavy atom. The lowest BCUT2D eigenvalue weighted by Crippen LogP contribution is -2.43. The zero-order valence-electron chi connectivity index (χ0n) is 15.2. The number of carbonyl (C=O) groups excluding carboxylic acids is 2. The summed E-state index contributed by atoms with van der Waals surface area (Å²) < 4.78 is 11.2. The van der Waals surface area contributed by atoms with Gasteiger partial charge in [0.2, 0.25) is 5.91 Å². The molecular formula is C20H23BrN2O4. The number of methoxy groups -OCH3 is 1. The highest BCUT2D eigenvalue weighted by Crippen LogP contribution is 2.44. The van der Waals surface area contributed by atoms with Gasteiger partial charge in [-0.2, -0.15) is 0 Å². The Morgan fingerprint density at radius 2 is 1.89 bits per heavy atom. The first-order valence-electron chi connectivity index (χ1n) is 8.98. The number of ether oxygens (including phenoxy) is 1. The van der Waals surface area contributed by atoms with Crippen molar-refractivity contribution < 1.29 is 18.7 Å². The number of nitrogens with one attached hydrogen (secondary N) is 2. The summed E-state index contributed by atoms with van der Waals surface area (Å²) in [7, 11) is 1.67. The molecule has 3 rings (SSSR count). The summed E-state index contributed by atoms with van der Waals surface area (Å²) in [5.74, 6) is 0.368. The SMILES string of the molecule is COc1ccccc1C1(CNC(=O)CNC(=O)c2ccc(Br)o2)CCCC1. The number of hydrogen-bond acceptors (Lipinski definition) is 4. The molecule has 2 aromatic rings. The molecule has 0 atom stereocenters. The molecule has 1 saturated carbocycles. The second-order valence-electron chi connectivity index (χ2n) is 6.75. The summed E-state index contributed by atoms with van der Waals surface area (Å²) in [6.07, 6.45) is 4.25. The average Bonchev–Trinajstić information content (AvgIpc) is 3.34. The summed E-state index contributed by atoms with van der Waals surface area (Å²) in [5.41, 5.74) is 1.01. The monoisotopic (exact) mass is 434 g/mol. The Hall–Kier alpha value is -2.28. The quantitative estimate of drug-likeness (QED) is 0.699. The highest BCUT2D eigenvalue weighted by molar-refractivity contribution is 9.10. The van der Waals surface area contributed by atoms with Crippen molar-refractivity contribution in [3.05, 3.63) is 52.4 Å². The molecular weight excluding hydrogens is 412 g/mol. The Kier molecular flexibility index (Phi) is 6.21. The number of rotatable bonds is 7. The highest BCUT2D eigenvalue weighted by Gasteiger charge is 2.38. The maximum atomic E-state index is 12.3. The average molecular weight is 435 g/mol. The van der Waals surface area contributed by atoms with Gasteiger partial charge in [0, 0.05) is 17.5 Å². The molecule has 144 valence electrons. The van der Waals surface area contributed by atoms with Crippen molar-refractivity contribution in [3.63, 3.8) is 0 Å². The number of benzene rings is 1. The van der Waals surface area contributed by atoms with Gasteiger partial charge in [0.15, 0.2) is 10.4 Å². The fourth-order valence-electron chi connectivity index (χ4n) is 3.69. The largest absolute Gasteiger partial charge is 0.496 e. The molecule has 1 aromatic carbocycles. The fraction of sp³-hybridized carbons (Fsp3) is 0.400. The molecule has 0 bridgehead atoms. The van der Waals surface area contributed by atoms with Crippen LogP contribution in [0.1, 0.15) is 41.8 Å². The van der Waals surface area contributed by atoms with Crippen LogP contribution in [-0.2, 0) is 10.2 Å². The van der Waals surface area contributed by atoms with Crippen LogP contribution in [0.25, 0.3) is 0 Å². The summed E-state index contributed by atoms with van der Waals surface area (Å²) in [5, 5.41) is 5.55. The van der Waals surface area contributed by atoms with Crippen molar-refractivity contribution in [1.29, 1.82) is 0 Å². The van der Waals surface area contributed by atoms with E-state index in [2.05, 4.69) is 32.6 Å². The summed E-state index contributed by atoms with van der Waals surface area (Å²) in [6, 6.07) is 11.2. The summed E-state index contributed by atoms with van der Waals surface area (Å²) in [4.78, 5) is 24.2. The van der Waals surface area contributed by atoms with Gasteiger partial charge in [-0.25, -0.2) is 0 Å². The molecule has 1 fully saturated rings. The van der Waals surface area contributed by atoms with E-state index in [4.69, 9.17) is 9.15 Å². The van der Waals surface area contributed by atoms with Crippen molar-refractivity contribution in [2.24, 2.45) is 0 Å². The van der Waals surface area contributed by atoms with Crippen molar-refractivity contribution in [1.82, 2.24) is 10.6 Å². The van der Waals surface area contributed by atoms with Crippen molar-refractivity contribution in [3.8, 4) is 5.75 Å². The molecule has 1 aromatic heterocycles. The predicted molar refractivity (Wildman–Crippen MR) is 105 cm³/mol. The van der Waals surface area contributed by atoms with Gasteiger partial charge >= 0.3 is 0 Å². The van der Waals surface area contributed by atoms with E-state index in [0.717, 1.165) is 37.0 Å². The molecule has 0 unspecified atom stereocenters. The van der Waals surface area contributed by atoms with E-state index in [1.165, 1.54) is 0 Å². The molecule has 7 heteroatoms. The van der Waals surface area contributed by atoms with Crippen LogP contribution in [0.2, 0.25) is 0 Å². The molecule has 0 aliphatic heterocycles. The zero-order chi connectivity index (χ0) is 19.3. The lowest BCUT2D eigenvalue weighted by Gasteiger charge is -2.31. The van der Waals surface area contributed by atoms with Crippen molar-refractivity contribution in [2.45, 2.75) is 31.1 Å². The van der Waals surface area contributed by atoms with Crippen LogP contribution in [0.5, 0.6) is 5.75 Å². The number of hydrogen-bond donors (Lipinski definition) is 2. The van der Waals surface area contributed by atoms with Crippen LogP contribution >= 0.6 is 15.9 Å². The summed E-state index contributed by atoms with van der Waals surface area (Å²) >= 11 is 3.15. The Morgan fingerprint density at radius 3 is 2.56 bits per heavy atom. The Labute approximate surface area is 166 Å². The van der Waals surface area contributed by atoms with E-state index in [-0.39, 0.29) is 23.6 Å². The zero-order valence-corrected chi connectivity index (χ0v) is 16.8. The van der Waals surface area contributed by atoms with Gasteiger partial charge in [0.1, 0.15) is 5.75 Å². The first kappa shape index (κ1) is 19.5. The molecule has 27 heavy (non-hydrogen) atoms. The molecule has 6 nitrogen and oxygen atoms in total. The van der Waals surface area contributed by atoms with E-state index in [1.54, 1.807) is 19.2 Å². The number of carbonyl (C=O) groups is 2. The van der Waals surface area contributed by atoms with E-state index in [1.807, 2.05) is 18.2 Å². The molecule has 1 aliphatic rings. The standard InChI is InChI=1S/C20H23BrN2O4/c1-26-15-7-3-2-6-14(15)20(10-4-5-11-20)13-23-18(24)12-22-19(25)16-8-9-17(21)27-16/h2-3,6-9H,4-5,10-13H2,1H3,(H,22,25)(H,23,24). The third kappa shape index (κ3) is 4.53. The molecule has 1 aliphatic carbocycles. The lowest BCUT2D eigenvalue weighted by atomic mass is 9.78. The van der Waals surface area contributed by atoms with Crippen LogP contribution in [0.3, 0.4) is 0 Å². The van der Waals surface area contributed by atoms with Gasteiger partial charge in [-0.1, -0.05) is 31.0 Å². The van der Waals surface area contributed by atoms with Crippen LogP contribution in [0.15, 0.2) is 45.5 Å². The molecule has 2 amide bonds. The number of furan rings is 1. The van der Waals surface area contributed by atoms with Crippen LogP contribution in [0, 0.1) is 0 Å². The predicted octanol–water partition coefficient (Wildman–Crippen LogP) is 3.41. The molecule has 2 N–H and O–H groups in total. The van der Waals surface area contributed by atoms with E-state index in [9.17, 15) is 9.59 Å². The maximum Gasteiger partial charge on any atom is 0.287 e. The molecule has 0 saturated heterocycles. The van der Waals surface area contributed by atoms with Gasteiger partial charge in [0.05, 0.1) is 13.7 Å². The third-order valence-corrected chi connectivity index (χ3v) is 5.50. The smallest absolute Gasteiger partial charge is 0.287 e. The number of para-hydroxylation sites is 1. The van der Waals surface area contributed by atoms with E-state index >= 15 is 0 Å². The normalized spacial score (nSPS) is 15.3. The lowest BCUT2D eigenvalue weighted by molar-refractivity contribution is -0.120. The van der Waals surface area contributed by atoms with Gasteiger partial charge in [-0.15, -0.1) is 0 Å². The fourth-order valence-corrected chi connectivity index (χ4v) is 4.00. The molecule has 1 heterocycles. The van der Waals surface area contributed by atoms with E-state index < -0.39 is 5.91 Å². The summed E-state index contributed by atoms with van der Waals surface area (Å²) in [6.45, 7) is 0.424. The second kappa shape index (κ2) is 8.61. The number of amides is 2. The van der Waals surface area contributed by atoms with Gasteiger partial charge < -0.3 is 19.8 Å². The van der Waals surface area contributed by atoms with Crippen LogP contribution < -0.4 is 15.4 Å². The van der Waals surface area contributed by atoms with Crippen molar-refractivity contribution in [2.75, 3.05) is 20.2 Å². The van der Waals surface area contributed by atoms with Gasteiger partial charge in [0.25, 0.3) is 5.91 Å². The topological polar surface area (TPSA) is 80.6 Å². The maximum absolute atomic E-state index is 12.3. The van der Waals surface area contributed by atoms with Crippen LogP contribution in [0.4, 0.5) is 0 Å². The van der Waals surface area contributed by atoms with E-state index in [0.29, 0.717) is 11.2 Å². The first-order valence-corrected chi connectivity index (χ1v) is 9.77. The Balaban J connectivity index is 1.59. The minimum atomic E-state index is -0.420. The first-order chi connectivity index (χ1) is 13.0. The van der Waals surface area contributed by atoms with Gasteiger partial charge in [-0.05, 0) is 47.0 Å². The van der Waals surface area contributed by atoms with Crippen LogP contribution in [-0.4, -0.2) is 32.0 Å². The Bertz CT molecular complexity index is 812. The van der Waals surface area contributed by atoms with Gasteiger partial charge in [-0.3, -0.25) is 9.59 Å². The minimum Gasteiger partial charge on any atom is -0.496 e. The third-order valence-electron chi connectivity index (χ3n) is 5.07. The number of halogens is 1. The molecule has 0 spiro atoms.